The molecule has 5 nitrogen and oxygen atoms in total. The van der Waals surface area contributed by atoms with Crippen molar-refractivity contribution in [2.75, 3.05) is 17.6 Å². The standard InChI is InChI=1S/C13H14BrN5/c1-2-17-13-11(7-15)12(16)19(18-13)8-9-3-5-10(14)6-4-9/h3-6H,2,8,16H2,1H3,(H,17,18). The van der Waals surface area contributed by atoms with Crippen LogP contribution in [0.4, 0.5) is 11.6 Å². The largest absolute Gasteiger partial charge is 0.383 e. The molecule has 2 aromatic rings. The lowest BCUT2D eigenvalue weighted by Crippen LogP contribution is -2.06. The Balaban J connectivity index is 2.30. The lowest BCUT2D eigenvalue weighted by Gasteiger charge is -2.04. The van der Waals surface area contributed by atoms with E-state index in [0.717, 1.165) is 10.0 Å². The van der Waals surface area contributed by atoms with Crippen LogP contribution < -0.4 is 11.1 Å². The van der Waals surface area contributed by atoms with Crippen molar-refractivity contribution < 1.29 is 0 Å². The van der Waals surface area contributed by atoms with Crippen LogP contribution in [-0.4, -0.2) is 16.3 Å². The van der Waals surface area contributed by atoms with E-state index in [1.54, 1.807) is 4.68 Å². The minimum atomic E-state index is 0.390. The van der Waals surface area contributed by atoms with Gasteiger partial charge >= 0.3 is 0 Å². The van der Waals surface area contributed by atoms with Gasteiger partial charge in [-0.2, -0.15) is 10.4 Å². The van der Waals surface area contributed by atoms with Crippen molar-refractivity contribution in [1.82, 2.24) is 9.78 Å². The highest BCUT2D eigenvalue weighted by molar-refractivity contribution is 9.10. The Morgan fingerprint density at radius 1 is 1.42 bits per heavy atom. The first kappa shape index (κ1) is 13.4. The number of hydrogen-bond donors (Lipinski definition) is 2. The number of rotatable bonds is 4. The van der Waals surface area contributed by atoms with Crippen LogP contribution in [-0.2, 0) is 6.54 Å². The van der Waals surface area contributed by atoms with Crippen molar-refractivity contribution in [2.24, 2.45) is 0 Å². The summed E-state index contributed by atoms with van der Waals surface area (Å²) in [7, 11) is 0. The van der Waals surface area contributed by atoms with Gasteiger partial charge in [0.25, 0.3) is 0 Å². The summed E-state index contributed by atoms with van der Waals surface area (Å²) in [6.45, 7) is 3.19. The number of hydrogen-bond acceptors (Lipinski definition) is 4. The number of nitrogens with two attached hydrogens (primary N) is 1. The minimum Gasteiger partial charge on any atom is -0.383 e. The topological polar surface area (TPSA) is 79.7 Å². The molecule has 98 valence electrons. The van der Waals surface area contributed by atoms with Crippen LogP contribution in [0.1, 0.15) is 18.1 Å². The smallest absolute Gasteiger partial charge is 0.168 e. The second kappa shape index (κ2) is 5.76. The third-order valence-electron chi connectivity index (χ3n) is 2.69. The van der Waals surface area contributed by atoms with E-state index < -0.39 is 0 Å². The Hall–Kier alpha value is -2.00. The molecule has 0 aliphatic carbocycles. The SMILES string of the molecule is CCNc1nn(Cc2ccc(Br)cc2)c(N)c1C#N. The van der Waals surface area contributed by atoms with Crippen molar-refractivity contribution in [2.45, 2.75) is 13.5 Å². The number of aromatic nitrogens is 2. The summed E-state index contributed by atoms with van der Waals surface area (Å²) in [5.41, 5.74) is 7.43. The minimum absolute atomic E-state index is 0.390. The molecule has 2 rings (SSSR count). The van der Waals surface area contributed by atoms with Gasteiger partial charge in [0.1, 0.15) is 17.5 Å². The first-order valence-corrected chi connectivity index (χ1v) is 6.69. The average molecular weight is 320 g/mol. The van der Waals surface area contributed by atoms with Crippen molar-refractivity contribution >= 4 is 27.6 Å². The van der Waals surface area contributed by atoms with Crippen LogP contribution in [0.3, 0.4) is 0 Å². The zero-order valence-electron chi connectivity index (χ0n) is 10.5. The zero-order valence-corrected chi connectivity index (χ0v) is 12.1. The van der Waals surface area contributed by atoms with E-state index in [4.69, 9.17) is 11.0 Å². The number of nitrogens with zero attached hydrogens (tertiary/aromatic N) is 3. The fourth-order valence-electron chi connectivity index (χ4n) is 1.76. The van der Waals surface area contributed by atoms with Crippen molar-refractivity contribution in [3.8, 4) is 6.07 Å². The number of nitrogens with one attached hydrogen (secondary N) is 1. The predicted molar refractivity (Wildman–Crippen MR) is 78.8 cm³/mol. The molecular formula is C13H14BrN5. The molecule has 0 bridgehead atoms. The Bertz CT molecular complexity index is 609. The molecule has 1 aromatic heterocycles. The molecule has 0 saturated heterocycles. The molecule has 0 fully saturated rings. The normalized spacial score (nSPS) is 10.2. The lowest BCUT2D eigenvalue weighted by molar-refractivity contribution is 0.698. The summed E-state index contributed by atoms with van der Waals surface area (Å²) in [4.78, 5) is 0. The summed E-state index contributed by atoms with van der Waals surface area (Å²) in [5, 5.41) is 16.5. The van der Waals surface area contributed by atoms with E-state index in [9.17, 15) is 0 Å². The van der Waals surface area contributed by atoms with E-state index in [1.807, 2.05) is 31.2 Å². The van der Waals surface area contributed by atoms with Crippen molar-refractivity contribution in [3.63, 3.8) is 0 Å². The lowest BCUT2D eigenvalue weighted by atomic mass is 10.2. The molecule has 0 aliphatic rings. The molecule has 0 unspecified atom stereocenters. The number of benzene rings is 1. The van der Waals surface area contributed by atoms with Crippen molar-refractivity contribution in [3.05, 3.63) is 39.9 Å². The Labute approximate surface area is 120 Å². The summed E-state index contributed by atoms with van der Waals surface area (Å²) in [6, 6.07) is 9.99. The molecule has 0 radical (unpaired) electrons. The summed E-state index contributed by atoms with van der Waals surface area (Å²) in [5.74, 6) is 0.931. The molecule has 0 aliphatic heterocycles. The number of nitriles is 1. The van der Waals surface area contributed by atoms with Crippen molar-refractivity contribution in [1.29, 1.82) is 5.26 Å². The van der Waals surface area contributed by atoms with Gasteiger partial charge < -0.3 is 11.1 Å². The number of halogens is 1. The molecule has 3 N–H and O–H groups in total. The zero-order chi connectivity index (χ0) is 13.8. The maximum absolute atomic E-state index is 9.11. The first-order chi connectivity index (χ1) is 9.15. The highest BCUT2D eigenvalue weighted by Crippen LogP contribution is 2.21. The fraction of sp³-hybridized carbons (Fsp3) is 0.231. The molecule has 0 amide bonds. The van der Waals surface area contributed by atoms with Gasteiger partial charge in [0.2, 0.25) is 0 Å². The average Bonchev–Trinajstić information content (AvgIpc) is 2.69. The molecule has 1 heterocycles. The summed E-state index contributed by atoms with van der Waals surface area (Å²) < 4.78 is 2.66. The van der Waals surface area contributed by atoms with Gasteiger partial charge in [-0.1, -0.05) is 28.1 Å². The van der Waals surface area contributed by atoms with Gasteiger partial charge in [-0.05, 0) is 24.6 Å². The van der Waals surface area contributed by atoms with Gasteiger partial charge in [0.15, 0.2) is 5.82 Å². The Kier molecular flexibility index (Phi) is 4.07. The molecule has 19 heavy (non-hydrogen) atoms. The molecule has 0 spiro atoms. The van der Waals surface area contributed by atoms with Gasteiger partial charge in [-0.25, -0.2) is 4.68 Å². The van der Waals surface area contributed by atoms with E-state index in [1.165, 1.54) is 0 Å². The third kappa shape index (κ3) is 2.88. The van der Waals surface area contributed by atoms with E-state index >= 15 is 0 Å². The van der Waals surface area contributed by atoms with Crippen LogP contribution in [0.5, 0.6) is 0 Å². The highest BCUT2D eigenvalue weighted by Gasteiger charge is 2.14. The quantitative estimate of drug-likeness (QED) is 0.907. The highest BCUT2D eigenvalue weighted by atomic mass is 79.9. The maximum Gasteiger partial charge on any atom is 0.168 e. The predicted octanol–water partition coefficient (Wildman–Crippen LogP) is 2.58. The Morgan fingerprint density at radius 2 is 2.11 bits per heavy atom. The first-order valence-electron chi connectivity index (χ1n) is 5.90. The van der Waals surface area contributed by atoms with Gasteiger partial charge in [0, 0.05) is 11.0 Å². The van der Waals surface area contributed by atoms with Crippen LogP contribution in [0, 0.1) is 11.3 Å². The molecule has 6 heteroatoms. The molecule has 0 atom stereocenters. The monoisotopic (exact) mass is 319 g/mol. The van der Waals surface area contributed by atoms with E-state index in [0.29, 0.717) is 30.3 Å². The third-order valence-corrected chi connectivity index (χ3v) is 3.22. The van der Waals surface area contributed by atoms with E-state index in [-0.39, 0.29) is 0 Å². The fourth-order valence-corrected chi connectivity index (χ4v) is 2.02. The van der Waals surface area contributed by atoms with E-state index in [2.05, 4.69) is 32.4 Å². The Morgan fingerprint density at radius 3 is 2.68 bits per heavy atom. The van der Waals surface area contributed by atoms with Gasteiger partial charge in [-0.3, -0.25) is 0 Å². The maximum atomic E-state index is 9.11. The van der Waals surface area contributed by atoms with Crippen LogP contribution >= 0.6 is 15.9 Å². The summed E-state index contributed by atoms with van der Waals surface area (Å²) in [6.07, 6.45) is 0. The second-order valence-electron chi connectivity index (χ2n) is 4.04. The number of anilines is 2. The second-order valence-corrected chi connectivity index (χ2v) is 4.95. The number of nitrogen functional groups attached to an aromatic ring is 1. The van der Waals surface area contributed by atoms with Crippen LogP contribution in [0.15, 0.2) is 28.7 Å². The van der Waals surface area contributed by atoms with Gasteiger partial charge in [-0.15, -0.1) is 0 Å². The van der Waals surface area contributed by atoms with Gasteiger partial charge in [0.05, 0.1) is 6.54 Å². The molecule has 0 saturated carbocycles. The van der Waals surface area contributed by atoms with Crippen LogP contribution in [0.25, 0.3) is 0 Å². The van der Waals surface area contributed by atoms with Crippen LogP contribution in [0.2, 0.25) is 0 Å². The molecular weight excluding hydrogens is 306 g/mol. The summed E-state index contributed by atoms with van der Waals surface area (Å²) >= 11 is 3.39. The molecule has 1 aromatic carbocycles.